The van der Waals surface area contributed by atoms with Crippen LogP contribution in [0.25, 0.3) is 0 Å². The first-order valence-electron chi connectivity index (χ1n) is 6.39. The van der Waals surface area contributed by atoms with Crippen molar-refractivity contribution in [3.8, 4) is 0 Å². The molecule has 2 heterocycles. The Bertz CT molecular complexity index is 366. The third-order valence-corrected chi connectivity index (χ3v) is 5.12. The van der Waals surface area contributed by atoms with Crippen molar-refractivity contribution < 1.29 is 0 Å². The molecule has 1 aliphatic carbocycles. The molecule has 2 atom stereocenters. The highest BCUT2D eigenvalue weighted by atomic mass is 32.2. The van der Waals surface area contributed by atoms with Crippen molar-refractivity contribution in [3.63, 3.8) is 0 Å². The van der Waals surface area contributed by atoms with Gasteiger partial charge in [0.25, 0.3) is 0 Å². The number of nitrogens with zero attached hydrogens (tertiary/aromatic N) is 1. The molecule has 2 N–H and O–H groups in total. The Labute approximate surface area is 102 Å². The van der Waals surface area contributed by atoms with Crippen molar-refractivity contribution >= 4 is 11.8 Å². The van der Waals surface area contributed by atoms with Gasteiger partial charge in [0.15, 0.2) is 0 Å². The van der Waals surface area contributed by atoms with E-state index in [9.17, 15) is 0 Å². The van der Waals surface area contributed by atoms with E-state index in [2.05, 4.69) is 28.6 Å². The first-order chi connectivity index (χ1) is 7.86. The number of nitrogens with two attached hydrogens (primary N) is 1. The van der Waals surface area contributed by atoms with Crippen LogP contribution < -0.4 is 5.73 Å². The lowest BCUT2D eigenvalue weighted by molar-refractivity contribution is 0.464. The molecule has 1 saturated heterocycles. The second-order valence-electron chi connectivity index (χ2n) is 4.99. The van der Waals surface area contributed by atoms with Crippen LogP contribution in [0.2, 0.25) is 0 Å². The minimum atomic E-state index is 0.293. The van der Waals surface area contributed by atoms with E-state index in [1.807, 2.05) is 0 Å². The number of hydrogen-bond donors (Lipinski definition) is 1. The second-order valence-corrected chi connectivity index (χ2v) is 6.14. The van der Waals surface area contributed by atoms with Gasteiger partial charge in [-0.15, -0.1) is 0 Å². The van der Waals surface area contributed by atoms with Gasteiger partial charge < -0.3 is 10.3 Å². The minimum Gasteiger partial charge on any atom is -0.347 e. The van der Waals surface area contributed by atoms with E-state index in [1.54, 1.807) is 0 Å². The molecule has 16 heavy (non-hydrogen) atoms. The number of aromatic nitrogens is 1. The summed E-state index contributed by atoms with van der Waals surface area (Å²) in [4.78, 5) is 0. The molecule has 0 aromatic carbocycles. The van der Waals surface area contributed by atoms with Crippen LogP contribution in [0.4, 0.5) is 0 Å². The van der Waals surface area contributed by atoms with Crippen LogP contribution >= 0.6 is 11.8 Å². The van der Waals surface area contributed by atoms with Gasteiger partial charge in [0.2, 0.25) is 0 Å². The number of thioether (sulfide) groups is 1. The van der Waals surface area contributed by atoms with E-state index in [1.165, 1.54) is 48.4 Å². The van der Waals surface area contributed by atoms with Gasteiger partial charge in [-0.3, -0.25) is 0 Å². The van der Waals surface area contributed by atoms with Gasteiger partial charge in [-0.1, -0.05) is 0 Å². The van der Waals surface area contributed by atoms with E-state index in [-0.39, 0.29) is 0 Å². The van der Waals surface area contributed by atoms with Crippen LogP contribution in [0.1, 0.15) is 49.0 Å². The van der Waals surface area contributed by atoms with Crippen LogP contribution in [-0.2, 0) is 6.42 Å². The molecule has 2 aliphatic rings. The standard InChI is InChI=1S/C13H20N2S/c14-12-4-1-5-13-11(12)6-7-15(13)10-3-2-8-16-9-10/h6-7,10,12H,1-5,8-9,14H2. The highest BCUT2D eigenvalue weighted by Crippen LogP contribution is 2.34. The predicted octanol–water partition coefficient (Wildman–Crippen LogP) is 2.89. The Morgan fingerprint density at radius 1 is 1.31 bits per heavy atom. The first-order valence-corrected chi connectivity index (χ1v) is 7.54. The number of fused-ring (bicyclic) bond motifs is 1. The normalized spacial score (nSPS) is 30.1. The largest absolute Gasteiger partial charge is 0.347 e. The average Bonchev–Trinajstić information content (AvgIpc) is 2.75. The van der Waals surface area contributed by atoms with Crippen molar-refractivity contribution in [3.05, 3.63) is 23.5 Å². The predicted molar refractivity (Wildman–Crippen MR) is 69.9 cm³/mol. The molecule has 88 valence electrons. The van der Waals surface area contributed by atoms with Gasteiger partial charge in [0.05, 0.1) is 0 Å². The number of rotatable bonds is 1. The Kier molecular flexibility index (Phi) is 2.99. The van der Waals surface area contributed by atoms with Gasteiger partial charge in [0, 0.05) is 29.7 Å². The Hall–Kier alpha value is -0.410. The van der Waals surface area contributed by atoms with Crippen LogP contribution in [0, 0.1) is 0 Å². The fourth-order valence-electron chi connectivity index (χ4n) is 3.04. The fourth-order valence-corrected chi connectivity index (χ4v) is 4.17. The molecule has 1 aliphatic heterocycles. The molecule has 3 heteroatoms. The van der Waals surface area contributed by atoms with Crippen molar-refractivity contribution in [1.82, 2.24) is 4.57 Å². The SMILES string of the molecule is NC1CCCc2c1ccn2C1CCCSC1. The monoisotopic (exact) mass is 236 g/mol. The van der Waals surface area contributed by atoms with Crippen LogP contribution in [0.15, 0.2) is 12.3 Å². The first kappa shape index (κ1) is 10.7. The van der Waals surface area contributed by atoms with Crippen molar-refractivity contribution in [2.45, 2.75) is 44.2 Å². The molecular weight excluding hydrogens is 216 g/mol. The molecule has 3 rings (SSSR count). The van der Waals surface area contributed by atoms with E-state index in [4.69, 9.17) is 5.73 Å². The van der Waals surface area contributed by atoms with Gasteiger partial charge in [-0.25, -0.2) is 0 Å². The summed E-state index contributed by atoms with van der Waals surface area (Å²) in [5.74, 6) is 2.63. The summed E-state index contributed by atoms with van der Waals surface area (Å²) in [6, 6.07) is 3.28. The van der Waals surface area contributed by atoms with E-state index >= 15 is 0 Å². The highest BCUT2D eigenvalue weighted by Gasteiger charge is 2.24. The maximum absolute atomic E-state index is 6.17. The van der Waals surface area contributed by atoms with Crippen LogP contribution in [0.3, 0.4) is 0 Å². The highest BCUT2D eigenvalue weighted by molar-refractivity contribution is 7.99. The van der Waals surface area contributed by atoms with Gasteiger partial charge >= 0.3 is 0 Å². The summed E-state index contributed by atoms with van der Waals surface area (Å²) in [5.41, 5.74) is 9.12. The van der Waals surface area contributed by atoms with Gasteiger partial charge in [0.1, 0.15) is 0 Å². The number of hydrogen-bond acceptors (Lipinski definition) is 2. The summed E-state index contributed by atoms with van der Waals surface area (Å²) >= 11 is 2.10. The van der Waals surface area contributed by atoms with Crippen LogP contribution in [0.5, 0.6) is 0 Å². The lowest BCUT2D eigenvalue weighted by Gasteiger charge is -2.28. The quantitative estimate of drug-likeness (QED) is 0.813. The maximum Gasteiger partial charge on any atom is 0.0424 e. The third-order valence-electron chi connectivity index (χ3n) is 3.92. The topological polar surface area (TPSA) is 30.9 Å². The summed E-state index contributed by atoms with van der Waals surface area (Å²) in [5, 5.41) is 0. The minimum absolute atomic E-state index is 0.293. The van der Waals surface area contributed by atoms with Crippen molar-refractivity contribution in [1.29, 1.82) is 0 Å². The lowest BCUT2D eigenvalue weighted by atomic mass is 9.93. The smallest absolute Gasteiger partial charge is 0.0424 e. The second kappa shape index (κ2) is 4.46. The molecular formula is C13H20N2S. The molecule has 1 aromatic heterocycles. The molecule has 0 bridgehead atoms. The van der Waals surface area contributed by atoms with E-state index in [0.29, 0.717) is 6.04 Å². The van der Waals surface area contributed by atoms with Gasteiger partial charge in [-0.05, 0) is 49.5 Å². The molecule has 0 spiro atoms. The molecule has 0 amide bonds. The van der Waals surface area contributed by atoms with Crippen LogP contribution in [-0.4, -0.2) is 16.1 Å². The summed E-state index contributed by atoms with van der Waals surface area (Å²) < 4.78 is 2.53. The lowest BCUT2D eigenvalue weighted by Crippen LogP contribution is -2.22. The van der Waals surface area contributed by atoms with E-state index < -0.39 is 0 Å². The zero-order valence-corrected chi connectivity index (χ0v) is 10.5. The Balaban J connectivity index is 1.89. The van der Waals surface area contributed by atoms with Crippen molar-refractivity contribution in [2.75, 3.05) is 11.5 Å². The summed E-state index contributed by atoms with van der Waals surface area (Å²) in [6.07, 6.45) is 8.66. The molecule has 1 aromatic rings. The van der Waals surface area contributed by atoms with Gasteiger partial charge in [-0.2, -0.15) is 11.8 Å². The zero-order valence-electron chi connectivity index (χ0n) is 9.69. The third kappa shape index (κ3) is 1.80. The molecule has 0 radical (unpaired) electrons. The zero-order chi connectivity index (χ0) is 11.0. The van der Waals surface area contributed by atoms with Crippen molar-refractivity contribution in [2.24, 2.45) is 5.73 Å². The van der Waals surface area contributed by atoms with E-state index in [0.717, 1.165) is 12.5 Å². The molecule has 0 saturated carbocycles. The molecule has 1 fully saturated rings. The average molecular weight is 236 g/mol. The Morgan fingerprint density at radius 2 is 2.25 bits per heavy atom. The summed E-state index contributed by atoms with van der Waals surface area (Å²) in [7, 11) is 0. The Morgan fingerprint density at radius 3 is 3.06 bits per heavy atom. The summed E-state index contributed by atoms with van der Waals surface area (Å²) in [6.45, 7) is 0. The molecule has 2 nitrogen and oxygen atoms in total. The maximum atomic E-state index is 6.17. The molecule has 2 unspecified atom stereocenters. The fraction of sp³-hybridized carbons (Fsp3) is 0.692.